The first kappa shape index (κ1) is 43.3. The Hall–Kier alpha value is -1.78. The summed E-state index contributed by atoms with van der Waals surface area (Å²) in [4.78, 5) is 0. The molecule has 0 unspecified atom stereocenters. The van der Waals surface area contributed by atoms with Crippen LogP contribution in [0.4, 0.5) is 0 Å². The third-order valence-corrected chi connectivity index (χ3v) is 11.4. The normalized spacial score (nSPS) is 41.4. The van der Waals surface area contributed by atoms with E-state index in [4.69, 9.17) is 33.2 Å². The Labute approximate surface area is 314 Å². The zero-order valence-corrected chi connectivity index (χ0v) is 31.7. The molecule has 17 heteroatoms. The quantitative estimate of drug-likeness (QED) is 0.108. The molecule has 0 radical (unpaired) electrons. The first-order valence-electron chi connectivity index (χ1n) is 18.8. The van der Waals surface area contributed by atoms with Crippen molar-refractivity contribution < 1.29 is 84.2 Å². The van der Waals surface area contributed by atoms with Gasteiger partial charge in [0.05, 0.1) is 19.8 Å². The average Bonchev–Trinajstić information content (AvgIpc) is 3.14. The molecule has 0 spiro atoms. The van der Waals surface area contributed by atoms with Crippen molar-refractivity contribution in [2.24, 2.45) is 5.92 Å². The Bertz CT molecular complexity index is 1390. The number of benzene rings is 1. The molecule has 0 aliphatic carbocycles. The van der Waals surface area contributed by atoms with Crippen LogP contribution in [0, 0.1) is 26.7 Å². The fourth-order valence-corrected chi connectivity index (χ4v) is 7.78. The SMILES string of the molecule is Cc1c(C)c2c(c(C)c1O[C@@H]1O[C@H](CO)[C@@H](O[C@H]3O[C@H](CO)[C@@H](O[C@H]4O[C@H](CO)[C@@H](O)[C@H](O)[C@H]4O)[C@H](O)[C@H]3O)[C@H](O)[C@H]1O)CC[C@@](C)(CCCC(C)C)O2. The van der Waals surface area contributed by atoms with Crippen molar-refractivity contribution in [2.45, 2.75) is 171 Å². The summed E-state index contributed by atoms with van der Waals surface area (Å²) in [5.74, 6) is 1.87. The van der Waals surface area contributed by atoms with Crippen LogP contribution in [0.25, 0.3) is 0 Å². The van der Waals surface area contributed by atoms with Gasteiger partial charge < -0.3 is 84.2 Å². The summed E-state index contributed by atoms with van der Waals surface area (Å²) in [5, 5.41) is 105. The van der Waals surface area contributed by atoms with Gasteiger partial charge >= 0.3 is 0 Å². The van der Waals surface area contributed by atoms with Gasteiger partial charge in [-0.3, -0.25) is 0 Å². The zero-order valence-electron chi connectivity index (χ0n) is 31.7. The maximum Gasteiger partial charge on any atom is 0.229 e. The van der Waals surface area contributed by atoms with Crippen LogP contribution in [-0.2, 0) is 30.1 Å². The molecule has 4 aliphatic rings. The van der Waals surface area contributed by atoms with Crippen LogP contribution in [0.2, 0.25) is 0 Å². The van der Waals surface area contributed by atoms with E-state index in [-0.39, 0.29) is 5.60 Å². The summed E-state index contributed by atoms with van der Waals surface area (Å²) in [6, 6.07) is 0. The van der Waals surface area contributed by atoms with Crippen LogP contribution in [0.15, 0.2) is 0 Å². The molecule has 0 saturated carbocycles. The van der Waals surface area contributed by atoms with Crippen LogP contribution in [0.5, 0.6) is 11.5 Å². The van der Waals surface area contributed by atoms with Crippen molar-refractivity contribution in [3.8, 4) is 11.5 Å². The molecule has 0 amide bonds. The first-order chi connectivity index (χ1) is 25.5. The molecular weight excluding hydrogens is 716 g/mol. The van der Waals surface area contributed by atoms with Gasteiger partial charge in [0.25, 0.3) is 0 Å². The van der Waals surface area contributed by atoms with Crippen LogP contribution < -0.4 is 9.47 Å². The van der Waals surface area contributed by atoms with Crippen LogP contribution >= 0.6 is 0 Å². The number of ether oxygens (including phenoxy) is 7. The van der Waals surface area contributed by atoms with E-state index in [1.165, 1.54) is 0 Å². The Morgan fingerprint density at radius 3 is 1.69 bits per heavy atom. The second-order valence-electron chi connectivity index (χ2n) is 15.8. The summed E-state index contributed by atoms with van der Waals surface area (Å²) in [6.45, 7) is 9.97. The zero-order chi connectivity index (χ0) is 39.8. The lowest BCUT2D eigenvalue weighted by molar-refractivity contribution is -0.376. The van der Waals surface area contributed by atoms with Gasteiger partial charge in [0, 0.05) is 5.56 Å². The molecule has 17 nitrogen and oxygen atoms in total. The molecule has 1 aromatic rings. The Morgan fingerprint density at radius 1 is 0.648 bits per heavy atom. The minimum absolute atomic E-state index is 0.300. The molecule has 3 fully saturated rings. The monoisotopic (exact) mass is 776 g/mol. The second kappa shape index (κ2) is 17.8. The molecule has 4 aliphatic heterocycles. The largest absolute Gasteiger partial charge is 0.487 e. The molecule has 4 heterocycles. The lowest BCUT2D eigenvalue weighted by atomic mass is 9.84. The summed E-state index contributed by atoms with van der Waals surface area (Å²) in [5.41, 5.74) is 3.11. The van der Waals surface area contributed by atoms with E-state index in [0.717, 1.165) is 60.1 Å². The van der Waals surface area contributed by atoms with Gasteiger partial charge in [0.2, 0.25) is 6.29 Å². The van der Waals surface area contributed by atoms with Gasteiger partial charge in [-0.15, -0.1) is 0 Å². The maximum absolute atomic E-state index is 11.3. The highest BCUT2D eigenvalue weighted by Gasteiger charge is 2.54. The van der Waals surface area contributed by atoms with Crippen molar-refractivity contribution >= 4 is 0 Å². The minimum Gasteiger partial charge on any atom is -0.487 e. The molecule has 0 bridgehead atoms. The van der Waals surface area contributed by atoms with Crippen molar-refractivity contribution in [2.75, 3.05) is 19.8 Å². The summed E-state index contributed by atoms with van der Waals surface area (Å²) in [7, 11) is 0. The van der Waals surface area contributed by atoms with Crippen LogP contribution in [0.1, 0.15) is 68.7 Å². The molecule has 54 heavy (non-hydrogen) atoms. The minimum atomic E-state index is -1.93. The predicted molar refractivity (Wildman–Crippen MR) is 186 cm³/mol. The van der Waals surface area contributed by atoms with Crippen LogP contribution in [-0.4, -0.2) is 169 Å². The van der Waals surface area contributed by atoms with Crippen molar-refractivity contribution in [3.05, 3.63) is 22.3 Å². The van der Waals surface area contributed by atoms with Gasteiger partial charge in [0.1, 0.15) is 90.3 Å². The third-order valence-electron chi connectivity index (χ3n) is 11.4. The van der Waals surface area contributed by atoms with E-state index in [0.29, 0.717) is 11.7 Å². The fraction of sp³-hybridized carbons (Fsp3) is 0.838. The average molecular weight is 777 g/mol. The van der Waals surface area contributed by atoms with Crippen molar-refractivity contribution in [1.82, 2.24) is 0 Å². The Morgan fingerprint density at radius 2 is 1.15 bits per heavy atom. The van der Waals surface area contributed by atoms with Crippen molar-refractivity contribution in [1.29, 1.82) is 0 Å². The molecule has 0 aromatic heterocycles. The van der Waals surface area contributed by atoms with E-state index in [9.17, 15) is 51.1 Å². The van der Waals surface area contributed by atoms with Crippen LogP contribution in [0.3, 0.4) is 0 Å². The lowest BCUT2D eigenvalue weighted by Crippen LogP contribution is -2.66. The molecule has 3 saturated heterocycles. The summed E-state index contributed by atoms with van der Waals surface area (Å²) >= 11 is 0. The Balaban J connectivity index is 1.27. The predicted octanol–water partition coefficient (Wildman–Crippen LogP) is -1.65. The molecule has 310 valence electrons. The third kappa shape index (κ3) is 8.71. The second-order valence-corrected chi connectivity index (χ2v) is 15.8. The highest BCUT2D eigenvalue weighted by atomic mass is 16.8. The lowest BCUT2D eigenvalue weighted by Gasteiger charge is -2.48. The van der Waals surface area contributed by atoms with Gasteiger partial charge in [-0.25, -0.2) is 0 Å². The standard InChI is InChI=1S/C37H60O17/c1-15(2)8-7-10-37(6)11-9-19-18(5)30(16(3)17(4)31(19)54-37)51-35-28(46)25(43)33(21(13-39)49-35)53-36-29(47)26(44)32(22(14-40)50-36)52-34-27(45)24(42)23(41)20(12-38)48-34/h15,20-29,32-36,38-47H,7-14H2,1-6H3/t20-,21-,22-,23-,24+,25-,26-,27-,28-,29-,32-,33-,34-,35+,36-,37-/m1/s1. The van der Waals surface area contributed by atoms with Gasteiger partial charge in [-0.05, 0) is 76.0 Å². The first-order valence-corrected chi connectivity index (χ1v) is 18.8. The number of aliphatic hydroxyl groups excluding tert-OH is 10. The number of hydrogen-bond acceptors (Lipinski definition) is 17. The summed E-state index contributed by atoms with van der Waals surface area (Å²) < 4.78 is 41.2. The topological polar surface area (TPSA) is 267 Å². The van der Waals surface area contributed by atoms with Gasteiger partial charge in [0.15, 0.2) is 12.6 Å². The number of fused-ring (bicyclic) bond motifs is 1. The van der Waals surface area contributed by atoms with Crippen molar-refractivity contribution in [3.63, 3.8) is 0 Å². The molecule has 1 aromatic carbocycles. The number of rotatable bonds is 13. The smallest absolute Gasteiger partial charge is 0.229 e. The van der Waals surface area contributed by atoms with E-state index < -0.39 is 112 Å². The van der Waals surface area contributed by atoms with E-state index in [1.54, 1.807) is 0 Å². The molecule has 5 rings (SSSR count). The Kier molecular flexibility index (Phi) is 14.3. The molecular formula is C37H60O17. The van der Waals surface area contributed by atoms with E-state index >= 15 is 0 Å². The number of aliphatic hydroxyl groups is 10. The van der Waals surface area contributed by atoms with E-state index in [1.807, 2.05) is 20.8 Å². The summed E-state index contributed by atoms with van der Waals surface area (Å²) in [6.07, 6.45) is -20.1. The number of hydrogen-bond donors (Lipinski definition) is 10. The van der Waals surface area contributed by atoms with Gasteiger partial charge in [-0.1, -0.05) is 20.3 Å². The highest BCUT2D eigenvalue weighted by molar-refractivity contribution is 5.59. The molecule has 16 atom stereocenters. The van der Waals surface area contributed by atoms with Gasteiger partial charge in [-0.2, -0.15) is 0 Å². The maximum atomic E-state index is 11.3. The van der Waals surface area contributed by atoms with E-state index in [2.05, 4.69) is 20.8 Å². The fourth-order valence-electron chi connectivity index (χ4n) is 7.78. The highest BCUT2D eigenvalue weighted by Crippen LogP contribution is 2.46. The molecule has 10 N–H and O–H groups in total.